The third-order valence-corrected chi connectivity index (χ3v) is 4.73. The van der Waals surface area contributed by atoms with Gasteiger partial charge in [-0.2, -0.15) is 0 Å². The average Bonchev–Trinajstić information content (AvgIpc) is 3.07. The summed E-state index contributed by atoms with van der Waals surface area (Å²) < 4.78 is 8.69. The highest BCUT2D eigenvalue weighted by Gasteiger charge is 2.17. The number of carbonyl (C=O) groups is 1. The number of aromatic nitrogens is 4. The predicted molar refractivity (Wildman–Crippen MR) is 106 cm³/mol. The van der Waals surface area contributed by atoms with Gasteiger partial charge in [0.15, 0.2) is 12.4 Å². The number of carbonyl (C=O) groups excluding carboxylic acids is 1. The highest BCUT2D eigenvalue weighted by Crippen LogP contribution is 2.17. The molecular formula is C21H20N4O3. The van der Waals surface area contributed by atoms with Crippen molar-refractivity contribution in [2.75, 3.05) is 0 Å². The van der Waals surface area contributed by atoms with E-state index in [0.717, 1.165) is 16.7 Å². The van der Waals surface area contributed by atoms with Crippen LogP contribution in [0.3, 0.4) is 0 Å². The van der Waals surface area contributed by atoms with Crippen LogP contribution in [0.2, 0.25) is 0 Å². The first-order valence-corrected chi connectivity index (χ1v) is 8.94. The van der Waals surface area contributed by atoms with E-state index in [9.17, 15) is 9.59 Å². The summed E-state index contributed by atoms with van der Waals surface area (Å²) in [6.45, 7) is 5.75. The van der Waals surface area contributed by atoms with E-state index in [1.807, 2.05) is 45.0 Å². The zero-order chi connectivity index (χ0) is 20.0. The quantitative estimate of drug-likeness (QED) is 0.514. The minimum absolute atomic E-state index is 0.0475. The first kappa shape index (κ1) is 17.9. The van der Waals surface area contributed by atoms with Crippen molar-refractivity contribution in [3.63, 3.8) is 0 Å². The Kier molecular flexibility index (Phi) is 4.22. The SMILES string of the molecule is Cc1cc(C)cc(C(=O)OCc2nnc3n(C)c(=O)c4cc(C)ccc4n23)c1. The summed E-state index contributed by atoms with van der Waals surface area (Å²) in [5, 5.41) is 8.83. The molecule has 0 aliphatic carbocycles. The molecule has 0 radical (unpaired) electrons. The van der Waals surface area contributed by atoms with Gasteiger partial charge in [-0.25, -0.2) is 4.79 Å². The summed E-state index contributed by atoms with van der Waals surface area (Å²) in [6, 6.07) is 11.2. The monoisotopic (exact) mass is 376 g/mol. The number of nitrogens with zero attached hydrogens (tertiary/aromatic N) is 4. The first-order chi connectivity index (χ1) is 13.3. The van der Waals surface area contributed by atoms with Gasteiger partial charge in [0.25, 0.3) is 5.56 Å². The van der Waals surface area contributed by atoms with E-state index in [4.69, 9.17) is 4.74 Å². The molecule has 4 aromatic rings. The van der Waals surface area contributed by atoms with E-state index in [-0.39, 0.29) is 12.2 Å². The van der Waals surface area contributed by atoms with E-state index in [1.54, 1.807) is 23.6 Å². The molecule has 0 unspecified atom stereocenters. The average molecular weight is 376 g/mol. The molecule has 2 heterocycles. The highest BCUT2D eigenvalue weighted by molar-refractivity contribution is 5.89. The number of ether oxygens (including phenoxy) is 1. The molecule has 28 heavy (non-hydrogen) atoms. The van der Waals surface area contributed by atoms with Gasteiger partial charge in [0.2, 0.25) is 5.78 Å². The van der Waals surface area contributed by atoms with Crippen LogP contribution in [0.1, 0.15) is 32.9 Å². The largest absolute Gasteiger partial charge is 0.454 e. The van der Waals surface area contributed by atoms with Crippen LogP contribution in [0.15, 0.2) is 41.2 Å². The lowest BCUT2D eigenvalue weighted by atomic mass is 10.1. The molecule has 0 bridgehead atoms. The van der Waals surface area contributed by atoms with Crippen molar-refractivity contribution in [3.05, 3.63) is 74.8 Å². The maximum absolute atomic E-state index is 12.6. The summed E-state index contributed by atoms with van der Waals surface area (Å²) in [5.74, 6) is 0.435. The minimum atomic E-state index is -0.423. The summed E-state index contributed by atoms with van der Waals surface area (Å²) in [4.78, 5) is 25.1. The van der Waals surface area contributed by atoms with Crippen LogP contribution in [0.5, 0.6) is 0 Å². The second-order valence-corrected chi connectivity index (χ2v) is 7.09. The molecule has 0 saturated heterocycles. The van der Waals surface area contributed by atoms with Crippen molar-refractivity contribution in [1.29, 1.82) is 0 Å². The number of esters is 1. The molecule has 0 N–H and O–H groups in total. The van der Waals surface area contributed by atoms with Crippen LogP contribution in [0.4, 0.5) is 0 Å². The van der Waals surface area contributed by atoms with Gasteiger partial charge in [0, 0.05) is 7.05 Å². The number of hydrogen-bond acceptors (Lipinski definition) is 5. The third kappa shape index (κ3) is 2.94. The van der Waals surface area contributed by atoms with Gasteiger partial charge in [-0.3, -0.25) is 13.8 Å². The summed E-state index contributed by atoms with van der Waals surface area (Å²) >= 11 is 0. The van der Waals surface area contributed by atoms with E-state index >= 15 is 0 Å². The maximum Gasteiger partial charge on any atom is 0.338 e. The van der Waals surface area contributed by atoms with E-state index in [0.29, 0.717) is 28.1 Å². The molecule has 142 valence electrons. The molecule has 0 aliphatic rings. The van der Waals surface area contributed by atoms with Crippen LogP contribution >= 0.6 is 0 Å². The van der Waals surface area contributed by atoms with Crippen molar-refractivity contribution in [1.82, 2.24) is 19.2 Å². The number of aryl methyl sites for hydroxylation is 4. The van der Waals surface area contributed by atoms with Crippen molar-refractivity contribution in [3.8, 4) is 0 Å². The van der Waals surface area contributed by atoms with E-state index in [2.05, 4.69) is 10.2 Å². The molecule has 0 aliphatic heterocycles. The zero-order valence-corrected chi connectivity index (χ0v) is 16.2. The number of fused-ring (bicyclic) bond motifs is 3. The molecule has 2 aromatic heterocycles. The standard InChI is InChI=1S/C21H20N4O3/c1-12-5-6-17-16(10-12)19(26)24(4)21-23-22-18(25(17)21)11-28-20(27)15-8-13(2)7-14(3)9-15/h5-10H,11H2,1-4H3. The Balaban J connectivity index is 1.75. The Labute approximate surface area is 161 Å². The molecule has 7 heteroatoms. The molecule has 4 rings (SSSR count). The fourth-order valence-electron chi connectivity index (χ4n) is 3.46. The van der Waals surface area contributed by atoms with Gasteiger partial charge in [-0.05, 0) is 45.0 Å². The number of rotatable bonds is 3. The zero-order valence-electron chi connectivity index (χ0n) is 16.2. The Morgan fingerprint density at radius 1 is 1.00 bits per heavy atom. The normalized spacial score (nSPS) is 11.3. The Hall–Kier alpha value is -3.48. The molecule has 2 aromatic carbocycles. The predicted octanol–water partition coefficient (Wildman–Crippen LogP) is 2.86. The van der Waals surface area contributed by atoms with Crippen molar-refractivity contribution in [2.24, 2.45) is 7.05 Å². The lowest BCUT2D eigenvalue weighted by molar-refractivity contribution is 0.0461. The highest BCUT2D eigenvalue weighted by atomic mass is 16.5. The van der Waals surface area contributed by atoms with Crippen molar-refractivity contribution >= 4 is 22.6 Å². The molecule has 0 saturated carbocycles. The van der Waals surface area contributed by atoms with E-state index in [1.165, 1.54) is 4.57 Å². The van der Waals surface area contributed by atoms with Gasteiger partial charge in [-0.15, -0.1) is 10.2 Å². The Morgan fingerprint density at radius 2 is 1.71 bits per heavy atom. The van der Waals surface area contributed by atoms with Crippen LogP contribution in [0.25, 0.3) is 16.7 Å². The smallest absolute Gasteiger partial charge is 0.338 e. The van der Waals surface area contributed by atoms with Gasteiger partial charge in [-0.1, -0.05) is 28.8 Å². The second-order valence-electron chi connectivity index (χ2n) is 7.09. The summed E-state index contributed by atoms with van der Waals surface area (Å²) in [7, 11) is 1.65. The van der Waals surface area contributed by atoms with Crippen LogP contribution in [-0.4, -0.2) is 25.1 Å². The Morgan fingerprint density at radius 3 is 2.43 bits per heavy atom. The van der Waals surface area contributed by atoms with E-state index < -0.39 is 5.97 Å². The topological polar surface area (TPSA) is 78.5 Å². The first-order valence-electron chi connectivity index (χ1n) is 8.94. The molecular weight excluding hydrogens is 356 g/mol. The molecule has 0 spiro atoms. The summed E-state index contributed by atoms with van der Waals surface area (Å²) in [6.07, 6.45) is 0. The fraction of sp³-hybridized carbons (Fsp3) is 0.238. The number of benzene rings is 2. The van der Waals surface area contributed by atoms with Crippen LogP contribution in [-0.2, 0) is 18.4 Å². The van der Waals surface area contributed by atoms with Gasteiger partial charge >= 0.3 is 5.97 Å². The van der Waals surface area contributed by atoms with Gasteiger partial charge < -0.3 is 4.74 Å². The summed E-state index contributed by atoms with van der Waals surface area (Å²) in [5.41, 5.74) is 4.02. The fourth-order valence-corrected chi connectivity index (χ4v) is 3.46. The Bertz CT molecular complexity index is 1280. The minimum Gasteiger partial charge on any atom is -0.454 e. The van der Waals surface area contributed by atoms with Crippen LogP contribution < -0.4 is 5.56 Å². The van der Waals surface area contributed by atoms with Gasteiger partial charge in [0.1, 0.15) is 0 Å². The maximum atomic E-state index is 12.6. The molecule has 0 amide bonds. The van der Waals surface area contributed by atoms with Crippen molar-refractivity contribution in [2.45, 2.75) is 27.4 Å². The molecule has 7 nitrogen and oxygen atoms in total. The molecule has 0 fully saturated rings. The van der Waals surface area contributed by atoms with Crippen molar-refractivity contribution < 1.29 is 9.53 Å². The number of hydrogen-bond donors (Lipinski definition) is 0. The lowest BCUT2D eigenvalue weighted by Gasteiger charge is -2.09. The third-order valence-electron chi connectivity index (χ3n) is 4.73. The lowest BCUT2D eigenvalue weighted by Crippen LogP contribution is -2.20. The second kappa shape index (κ2) is 6.60. The molecule has 0 atom stereocenters. The van der Waals surface area contributed by atoms with Gasteiger partial charge in [0.05, 0.1) is 16.5 Å². The van der Waals surface area contributed by atoms with Crippen LogP contribution in [0, 0.1) is 20.8 Å².